The summed E-state index contributed by atoms with van der Waals surface area (Å²) in [7, 11) is -3.79. The van der Waals surface area contributed by atoms with Crippen LogP contribution in [-0.4, -0.2) is 42.3 Å². The highest BCUT2D eigenvalue weighted by atomic mass is 35.5. The van der Waals surface area contributed by atoms with E-state index >= 15 is 0 Å². The minimum atomic E-state index is -3.79. The van der Waals surface area contributed by atoms with Crippen molar-refractivity contribution in [1.29, 1.82) is 0 Å². The highest BCUT2D eigenvalue weighted by Crippen LogP contribution is 2.22. The molecule has 1 aliphatic heterocycles. The number of hydrogen-bond acceptors (Lipinski definition) is 5. The first kappa shape index (κ1) is 19.7. The molecule has 1 aliphatic rings. The average molecular weight is 417 g/mol. The van der Waals surface area contributed by atoms with Crippen molar-refractivity contribution in [2.45, 2.75) is 24.6 Å². The van der Waals surface area contributed by atoms with Crippen LogP contribution in [-0.2, 0) is 21.3 Å². The first-order chi connectivity index (χ1) is 12.9. The second kappa shape index (κ2) is 8.34. The molecule has 27 heavy (non-hydrogen) atoms. The third-order valence-electron chi connectivity index (χ3n) is 4.17. The maximum Gasteiger partial charge on any atom is 0.269 e. The number of nitrogens with one attached hydrogen (secondary N) is 2. The van der Waals surface area contributed by atoms with Crippen molar-refractivity contribution >= 4 is 27.5 Å². The Bertz CT molecular complexity index is 915. The van der Waals surface area contributed by atoms with Gasteiger partial charge in [0.1, 0.15) is 0 Å². The lowest BCUT2D eigenvalue weighted by Crippen LogP contribution is -2.47. The van der Waals surface area contributed by atoms with Crippen LogP contribution < -0.4 is 10.3 Å². The fourth-order valence-corrected chi connectivity index (χ4v) is 4.20. The molecule has 0 radical (unpaired) electrons. The Kier molecular flexibility index (Phi) is 6.10. The largest absolute Gasteiger partial charge is 0.381 e. The van der Waals surface area contributed by atoms with Crippen molar-refractivity contribution in [3.05, 3.63) is 52.8 Å². The number of halogens is 2. The first-order valence-electron chi connectivity index (χ1n) is 8.19. The van der Waals surface area contributed by atoms with Gasteiger partial charge in [-0.2, -0.15) is 0 Å². The van der Waals surface area contributed by atoms with Crippen LogP contribution in [0.3, 0.4) is 0 Å². The Labute approximate surface area is 160 Å². The van der Waals surface area contributed by atoms with Crippen LogP contribution in [0.4, 0.5) is 4.39 Å². The lowest BCUT2D eigenvalue weighted by Gasteiger charge is -2.22. The summed E-state index contributed by atoms with van der Waals surface area (Å²) in [6.45, 7) is 0.994. The number of rotatable bonds is 6. The lowest BCUT2D eigenvalue weighted by atomic mass is 10.1. The molecule has 1 aromatic heterocycles. The van der Waals surface area contributed by atoms with Crippen molar-refractivity contribution in [3.63, 3.8) is 0 Å². The molecule has 0 bridgehead atoms. The molecule has 8 nitrogen and oxygen atoms in total. The minimum absolute atomic E-state index is 0.231. The van der Waals surface area contributed by atoms with Crippen LogP contribution >= 0.6 is 11.6 Å². The zero-order valence-corrected chi connectivity index (χ0v) is 15.8. The number of nitrogens with zero attached hydrogens (tertiary/aromatic N) is 2. The van der Waals surface area contributed by atoms with Gasteiger partial charge in [-0.05, 0) is 30.5 Å². The van der Waals surface area contributed by atoms with Gasteiger partial charge in [0.2, 0.25) is 10.0 Å². The Morgan fingerprint density at radius 1 is 1.37 bits per heavy atom. The summed E-state index contributed by atoms with van der Waals surface area (Å²) in [6, 6.07) is 2.72. The van der Waals surface area contributed by atoms with Gasteiger partial charge in [-0.25, -0.2) is 17.8 Å². The molecule has 3 rings (SSSR count). The fraction of sp³-hybridized carbons (Fsp3) is 0.375. The molecule has 0 unspecified atom stereocenters. The molecule has 0 atom stereocenters. The fourth-order valence-electron chi connectivity index (χ4n) is 2.75. The van der Waals surface area contributed by atoms with Gasteiger partial charge in [0.25, 0.3) is 5.91 Å². The first-order valence-corrected chi connectivity index (χ1v) is 10.1. The molecule has 2 N–H and O–H groups in total. The van der Waals surface area contributed by atoms with Crippen LogP contribution in [0.5, 0.6) is 0 Å². The number of sulfonamides is 1. The number of carbonyl (C=O) groups is 1. The summed E-state index contributed by atoms with van der Waals surface area (Å²) in [4.78, 5) is 18.3. The predicted octanol–water partition coefficient (Wildman–Crippen LogP) is 1.47. The monoisotopic (exact) mass is 416 g/mol. The average Bonchev–Trinajstić information content (AvgIpc) is 3.16. The number of benzene rings is 1. The van der Waals surface area contributed by atoms with E-state index < -0.39 is 27.0 Å². The Hall–Kier alpha value is -2.01. The van der Waals surface area contributed by atoms with Gasteiger partial charge in [0.15, 0.2) is 5.82 Å². The smallest absolute Gasteiger partial charge is 0.269 e. The van der Waals surface area contributed by atoms with Crippen LogP contribution in [0.15, 0.2) is 30.9 Å². The molecule has 0 saturated carbocycles. The number of carbonyl (C=O) groups excluding carboxylic acids is 1. The standard InChI is InChI=1S/C16H18ClFN4O4S/c17-14-8-11(9-22-4-3-19-10-22)7-13(15(14)18)16(23)20-21-27(24,25)12-1-5-26-6-2-12/h3-4,7-8,10,12,21H,1-2,5-6,9H2,(H,20,23). The maximum absolute atomic E-state index is 14.3. The van der Waals surface area contributed by atoms with E-state index in [9.17, 15) is 17.6 Å². The summed E-state index contributed by atoms with van der Waals surface area (Å²) >= 11 is 5.88. The minimum Gasteiger partial charge on any atom is -0.381 e. The van der Waals surface area contributed by atoms with E-state index in [4.69, 9.17) is 16.3 Å². The molecular weight excluding hydrogens is 399 g/mol. The second-order valence-corrected chi connectivity index (χ2v) is 8.46. The van der Waals surface area contributed by atoms with Crippen LogP contribution in [0.2, 0.25) is 5.02 Å². The second-order valence-electron chi connectivity index (χ2n) is 6.09. The Morgan fingerprint density at radius 2 is 2.11 bits per heavy atom. The molecule has 11 heteroatoms. The highest BCUT2D eigenvalue weighted by Gasteiger charge is 2.28. The summed E-state index contributed by atoms with van der Waals surface area (Å²) in [5.74, 6) is -1.86. The van der Waals surface area contributed by atoms with Crippen LogP contribution in [0.25, 0.3) is 0 Å². The van der Waals surface area contributed by atoms with Gasteiger partial charge in [-0.1, -0.05) is 11.6 Å². The van der Waals surface area contributed by atoms with E-state index in [-0.39, 0.29) is 10.6 Å². The van der Waals surface area contributed by atoms with E-state index in [1.807, 2.05) is 4.83 Å². The SMILES string of the molecule is O=C(NNS(=O)(=O)C1CCOCC1)c1cc(Cn2ccnc2)cc(Cl)c1F. The van der Waals surface area contributed by atoms with Crippen molar-refractivity contribution in [3.8, 4) is 0 Å². The van der Waals surface area contributed by atoms with E-state index in [1.165, 1.54) is 12.1 Å². The van der Waals surface area contributed by atoms with Gasteiger partial charge in [-0.3, -0.25) is 10.2 Å². The molecule has 1 aromatic carbocycles. The molecule has 0 spiro atoms. The number of hydrogen-bond donors (Lipinski definition) is 2. The van der Waals surface area contributed by atoms with Gasteiger partial charge in [-0.15, -0.1) is 4.83 Å². The van der Waals surface area contributed by atoms with Gasteiger partial charge < -0.3 is 9.30 Å². The molecule has 1 saturated heterocycles. The number of amides is 1. The van der Waals surface area contributed by atoms with Crippen LogP contribution in [0, 0.1) is 5.82 Å². The molecule has 2 aromatic rings. The normalized spacial score (nSPS) is 15.6. The third kappa shape index (κ3) is 4.83. The van der Waals surface area contributed by atoms with Gasteiger partial charge in [0, 0.05) is 32.2 Å². The van der Waals surface area contributed by atoms with E-state index in [2.05, 4.69) is 10.4 Å². The third-order valence-corrected chi connectivity index (χ3v) is 6.18. The van der Waals surface area contributed by atoms with Gasteiger partial charge >= 0.3 is 0 Å². The molecule has 1 amide bonds. The zero-order chi connectivity index (χ0) is 19.4. The topological polar surface area (TPSA) is 102 Å². The van der Waals surface area contributed by atoms with E-state index in [0.29, 0.717) is 38.2 Å². The quantitative estimate of drug-likeness (QED) is 0.694. The molecule has 0 aliphatic carbocycles. The molecule has 1 fully saturated rings. The molecule has 146 valence electrons. The van der Waals surface area contributed by atoms with Crippen molar-refractivity contribution in [1.82, 2.24) is 19.8 Å². The summed E-state index contributed by atoms with van der Waals surface area (Å²) < 4.78 is 45.6. The lowest BCUT2D eigenvalue weighted by molar-refractivity contribution is 0.0934. The Morgan fingerprint density at radius 3 is 2.78 bits per heavy atom. The van der Waals surface area contributed by atoms with Gasteiger partial charge in [0.05, 0.1) is 22.2 Å². The highest BCUT2D eigenvalue weighted by molar-refractivity contribution is 7.90. The van der Waals surface area contributed by atoms with Crippen molar-refractivity contribution in [2.75, 3.05) is 13.2 Å². The number of aromatic nitrogens is 2. The number of ether oxygens (including phenoxy) is 1. The predicted molar refractivity (Wildman–Crippen MR) is 96.1 cm³/mol. The van der Waals surface area contributed by atoms with Crippen molar-refractivity contribution in [2.24, 2.45) is 0 Å². The maximum atomic E-state index is 14.3. The summed E-state index contributed by atoms with van der Waals surface area (Å²) in [6.07, 6.45) is 5.51. The summed E-state index contributed by atoms with van der Waals surface area (Å²) in [5, 5.41) is -0.905. The van der Waals surface area contributed by atoms with Crippen molar-refractivity contribution < 1.29 is 22.3 Å². The zero-order valence-electron chi connectivity index (χ0n) is 14.2. The van der Waals surface area contributed by atoms with E-state index in [0.717, 1.165) is 0 Å². The van der Waals surface area contributed by atoms with E-state index in [1.54, 1.807) is 23.3 Å². The molecular formula is C16H18ClFN4O4S. The van der Waals surface area contributed by atoms with Crippen LogP contribution in [0.1, 0.15) is 28.8 Å². The Balaban J connectivity index is 1.72. The molecule has 2 heterocycles. The number of imidazole rings is 1. The summed E-state index contributed by atoms with van der Waals surface area (Å²) in [5.41, 5.74) is 2.27. The number of hydrazine groups is 1.